The summed E-state index contributed by atoms with van der Waals surface area (Å²) in [4.78, 5) is 12.4. The number of fused-ring (bicyclic) bond motifs is 2. The minimum Gasteiger partial charge on any atom is -0.299 e. The minimum atomic E-state index is -3.54. The second-order valence-electron chi connectivity index (χ2n) is 6.89. The van der Waals surface area contributed by atoms with Gasteiger partial charge in [-0.2, -0.15) is 0 Å². The van der Waals surface area contributed by atoms with Crippen LogP contribution in [0.1, 0.15) is 33.1 Å². The summed E-state index contributed by atoms with van der Waals surface area (Å²) in [6.07, 6.45) is 2.19. The van der Waals surface area contributed by atoms with Crippen molar-refractivity contribution in [1.29, 1.82) is 0 Å². The van der Waals surface area contributed by atoms with Crippen LogP contribution in [0.2, 0.25) is 0 Å². The number of nitrogens with one attached hydrogen (secondary N) is 1. The number of benzene rings is 1. The number of anilines is 1. The van der Waals surface area contributed by atoms with Crippen LogP contribution in [0.25, 0.3) is 0 Å². The van der Waals surface area contributed by atoms with Crippen molar-refractivity contribution in [3.63, 3.8) is 0 Å². The third-order valence-electron chi connectivity index (χ3n) is 5.62. The summed E-state index contributed by atoms with van der Waals surface area (Å²) >= 11 is 0. The average molecular weight is 307 g/mol. The first-order valence-electron chi connectivity index (χ1n) is 7.36. The molecule has 0 radical (unpaired) electrons. The predicted molar refractivity (Wildman–Crippen MR) is 82.4 cm³/mol. The smallest absolute Gasteiger partial charge is 0.233 e. The van der Waals surface area contributed by atoms with Gasteiger partial charge in [0.15, 0.2) is 0 Å². The zero-order valence-electron chi connectivity index (χ0n) is 12.4. The maximum atomic E-state index is 12.5. The maximum absolute atomic E-state index is 12.5. The Morgan fingerprint density at radius 1 is 1.24 bits per heavy atom. The zero-order chi connectivity index (χ0) is 15.3. The molecule has 0 heterocycles. The molecule has 0 amide bonds. The van der Waals surface area contributed by atoms with E-state index in [1.165, 1.54) is 0 Å². The van der Waals surface area contributed by atoms with Crippen molar-refractivity contribution in [3.8, 4) is 0 Å². The number of sulfonamides is 1. The van der Waals surface area contributed by atoms with Gasteiger partial charge >= 0.3 is 0 Å². The van der Waals surface area contributed by atoms with Crippen LogP contribution >= 0.6 is 0 Å². The molecule has 1 aromatic carbocycles. The van der Waals surface area contributed by atoms with Crippen LogP contribution in [0.4, 0.5) is 5.69 Å². The highest BCUT2D eigenvalue weighted by atomic mass is 32.2. The Morgan fingerprint density at radius 3 is 2.43 bits per heavy atom. The van der Waals surface area contributed by atoms with Gasteiger partial charge in [0, 0.05) is 12.1 Å². The molecule has 21 heavy (non-hydrogen) atoms. The molecule has 1 N–H and O–H groups in total. The molecule has 0 aromatic heterocycles. The van der Waals surface area contributed by atoms with Crippen molar-refractivity contribution < 1.29 is 13.2 Å². The number of hydrogen-bond acceptors (Lipinski definition) is 3. The van der Waals surface area contributed by atoms with Crippen molar-refractivity contribution in [2.24, 2.45) is 16.7 Å². The normalized spacial score (nSPS) is 30.6. The molecule has 2 saturated carbocycles. The minimum absolute atomic E-state index is 0.1000. The molecule has 1 aromatic rings. The fourth-order valence-corrected chi connectivity index (χ4v) is 6.05. The van der Waals surface area contributed by atoms with Crippen LogP contribution in [0.5, 0.6) is 0 Å². The van der Waals surface area contributed by atoms with E-state index in [0.29, 0.717) is 24.4 Å². The summed E-state index contributed by atoms with van der Waals surface area (Å²) in [6, 6.07) is 8.84. The Labute approximate surface area is 126 Å². The first kappa shape index (κ1) is 14.6. The van der Waals surface area contributed by atoms with E-state index < -0.39 is 15.4 Å². The Kier molecular flexibility index (Phi) is 3.17. The molecule has 4 nitrogen and oxygen atoms in total. The van der Waals surface area contributed by atoms with E-state index in [9.17, 15) is 13.2 Å². The van der Waals surface area contributed by atoms with Crippen LogP contribution in [0, 0.1) is 16.7 Å². The number of rotatable bonds is 4. The second kappa shape index (κ2) is 4.57. The van der Waals surface area contributed by atoms with E-state index in [0.717, 1.165) is 6.42 Å². The third-order valence-corrected chi connectivity index (χ3v) is 7.04. The van der Waals surface area contributed by atoms with Gasteiger partial charge in [-0.3, -0.25) is 9.52 Å². The van der Waals surface area contributed by atoms with E-state index in [1.807, 2.05) is 19.9 Å². The van der Waals surface area contributed by atoms with Gasteiger partial charge in [-0.1, -0.05) is 32.0 Å². The maximum Gasteiger partial charge on any atom is 0.233 e. The number of Topliss-reactive ketones (excluding diaryl/α,β-unsaturated/α-hetero) is 1. The number of para-hydroxylation sites is 1. The molecule has 2 bridgehead atoms. The average Bonchev–Trinajstić information content (AvgIpc) is 2.72. The Bertz CT molecular complexity index is 666. The SMILES string of the molecule is CC1(C)[C@H]2CC[C@@]1(CS(=O)(=O)Nc1ccccc1)C(=O)C2. The zero-order valence-corrected chi connectivity index (χ0v) is 13.2. The van der Waals surface area contributed by atoms with Gasteiger partial charge in [-0.05, 0) is 36.3 Å². The van der Waals surface area contributed by atoms with Crippen molar-refractivity contribution in [2.45, 2.75) is 33.1 Å². The number of hydrogen-bond donors (Lipinski definition) is 1. The van der Waals surface area contributed by atoms with E-state index >= 15 is 0 Å². The molecule has 2 fully saturated rings. The van der Waals surface area contributed by atoms with Gasteiger partial charge in [-0.25, -0.2) is 8.42 Å². The van der Waals surface area contributed by atoms with Crippen molar-refractivity contribution in [2.75, 3.05) is 10.5 Å². The molecular weight excluding hydrogens is 286 g/mol. The fourth-order valence-electron chi connectivity index (χ4n) is 4.15. The predicted octanol–water partition coefficient (Wildman–Crippen LogP) is 2.82. The highest BCUT2D eigenvalue weighted by molar-refractivity contribution is 7.92. The highest BCUT2D eigenvalue weighted by Gasteiger charge is 2.65. The van der Waals surface area contributed by atoms with Crippen LogP contribution < -0.4 is 4.72 Å². The van der Waals surface area contributed by atoms with Gasteiger partial charge in [-0.15, -0.1) is 0 Å². The lowest BCUT2D eigenvalue weighted by atomic mass is 9.70. The van der Waals surface area contributed by atoms with Gasteiger partial charge in [0.1, 0.15) is 5.78 Å². The summed E-state index contributed by atoms with van der Waals surface area (Å²) in [6.45, 7) is 4.10. The monoisotopic (exact) mass is 307 g/mol. The molecule has 0 saturated heterocycles. The summed E-state index contributed by atoms with van der Waals surface area (Å²) in [7, 11) is -3.54. The van der Waals surface area contributed by atoms with Crippen LogP contribution in [0.15, 0.2) is 30.3 Å². The standard InChI is InChI=1S/C16H21NO3S/c1-15(2)12-8-9-16(15,14(18)10-12)11-21(19,20)17-13-6-4-3-5-7-13/h3-7,12,17H,8-11H2,1-2H3/t12-,16+/m0/s1. The molecule has 0 aliphatic heterocycles. The molecule has 5 heteroatoms. The lowest BCUT2D eigenvalue weighted by Crippen LogP contribution is -2.43. The number of carbonyl (C=O) groups excluding carboxylic acids is 1. The van der Waals surface area contributed by atoms with Gasteiger partial charge in [0.2, 0.25) is 10.0 Å². The van der Waals surface area contributed by atoms with E-state index in [4.69, 9.17) is 0 Å². The topological polar surface area (TPSA) is 63.2 Å². The Morgan fingerprint density at radius 2 is 1.90 bits per heavy atom. The van der Waals surface area contributed by atoms with Crippen molar-refractivity contribution >= 4 is 21.5 Å². The van der Waals surface area contributed by atoms with E-state index in [2.05, 4.69) is 4.72 Å². The van der Waals surface area contributed by atoms with Crippen molar-refractivity contribution in [3.05, 3.63) is 30.3 Å². The van der Waals surface area contributed by atoms with Gasteiger partial charge < -0.3 is 0 Å². The fraction of sp³-hybridized carbons (Fsp3) is 0.562. The second-order valence-corrected chi connectivity index (χ2v) is 8.62. The molecule has 2 atom stereocenters. The summed E-state index contributed by atoms with van der Waals surface area (Å²) < 4.78 is 27.6. The quantitative estimate of drug-likeness (QED) is 0.930. The summed E-state index contributed by atoms with van der Waals surface area (Å²) in [5, 5.41) is 0. The van der Waals surface area contributed by atoms with Crippen LogP contribution in [-0.2, 0) is 14.8 Å². The molecule has 2 aliphatic carbocycles. The molecule has 0 spiro atoms. The number of ketones is 1. The first-order valence-corrected chi connectivity index (χ1v) is 9.01. The largest absolute Gasteiger partial charge is 0.299 e. The molecule has 114 valence electrons. The molecule has 0 unspecified atom stereocenters. The highest BCUT2D eigenvalue weighted by Crippen LogP contribution is 2.64. The third kappa shape index (κ3) is 2.18. The number of carbonyl (C=O) groups is 1. The van der Waals surface area contributed by atoms with Gasteiger partial charge in [0.05, 0.1) is 11.2 Å². The first-order chi connectivity index (χ1) is 9.77. The lowest BCUT2D eigenvalue weighted by molar-refractivity contribution is -0.128. The summed E-state index contributed by atoms with van der Waals surface area (Å²) in [5.41, 5.74) is -0.389. The van der Waals surface area contributed by atoms with E-state index in [1.54, 1.807) is 24.3 Å². The molecule has 2 aliphatic rings. The lowest BCUT2D eigenvalue weighted by Gasteiger charge is -2.36. The Balaban J connectivity index is 1.87. The molecule has 3 rings (SSSR count). The van der Waals surface area contributed by atoms with Gasteiger partial charge in [0.25, 0.3) is 0 Å². The summed E-state index contributed by atoms with van der Waals surface area (Å²) in [5.74, 6) is 0.358. The Hall–Kier alpha value is -1.36. The van der Waals surface area contributed by atoms with Crippen LogP contribution in [-0.4, -0.2) is 20.0 Å². The van der Waals surface area contributed by atoms with Crippen molar-refractivity contribution in [1.82, 2.24) is 0 Å². The molecular formula is C16H21NO3S. The van der Waals surface area contributed by atoms with E-state index in [-0.39, 0.29) is 17.0 Å². The van der Waals surface area contributed by atoms with Crippen LogP contribution in [0.3, 0.4) is 0 Å².